The first-order valence-corrected chi connectivity index (χ1v) is 10.6. The van der Waals surface area contributed by atoms with Crippen LogP contribution in [-0.4, -0.2) is 51.3 Å². The fraction of sp³-hybridized carbons (Fsp3) is 0.182. The van der Waals surface area contributed by atoms with Crippen molar-refractivity contribution < 1.29 is 14.2 Å². The van der Waals surface area contributed by atoms with E-state index < -0.39 is 0 Å². The Morgan fingerprint density at radius 2 is 1.59 bits per heavy atom. The molecule has 0 bridgehead atoms. The number of nitrogens with zero attached hydrogens (tertiary/aromatic N) is 5. The quantitative estimate of drug-likeness (QED) is 0.415. The van der Waals surface area contributed by atoms with Crippen LogP contribution in [0.15, 0.2) is 42.5 Å². The number of ether oxygens (including phenoxy) is 3. The first-order chi connectivity index (χ1) is 15.6. The Kier molecular flexibility index (Phi) is 4.98. The number of rotatable bonds is 6. The molecule has 162 valence electrons. The lowest BCUT2D eigenvalue weighted by molar-refractivity contribution is 0.324. The maximum absolute atomic E-state index is 5.47. The van der Waals surface area contributed by atoms with Gasteiger partial charge in [-0.05, 0) is 25.1 Å². The summed E-state index contributed by atoms with van der Waals surface area (Å²) in [7, 11) is 4.74. The number of aromatic amines is 1. The molecule has 0 saturated carbocycles. The molecule has 9 nitrogen and oxygen atoms in total. The van der Waals surface area contributed by atoms with Gasteiger partial charge in [0.05, 0.1) is 27.0 Å². The monoisotopic (exact) mass is 448 g/mol. The second-order valence-corrected chi connectivity index (χ2v) is 8.03. The third-order valence-electron chi connectivity index (χ3n) is 5.07. The summed E-state index contributed by atoms with van der Waals surface area (Å²) in [6.07, 6.45) is 0. The van der Waals surface area contributed by atoms with Crippen LogP contribution < -0.4 is 14.2 Å². The number of methoxy groups -OCH3 is 3. The predicted molar refractivity (Wildman–Crippen MR) is 122 cm³/mol. The molecular weight excluding hydrogens is 428 g/mol. The third-order valence-corrected chi connectivity index (χ3v) is 6.02. The highest BCUT2D eigenvalue weighted by Crippen LogP contribution is 2.42. The Morgan fingerprint density at radius 1 is 0.875 bits per heavy atom. The molecule has 0 unspecified atom stereocenters. The summed E-state index contributed by atoms with van der Waals surface area (Å²) in [5.74, 6) is 2.23. The van der Waals surface area contributed by atoms with Crippen LogP contribution >= 0.6 is 11.3 Å². The highest BCUT2D eigenvalue weighted by molar-refractivity contribution is 7.19. The third kappa shape index (κ3) is 3.34. The molecule has 0 spiro atoms. The molecule has 5 rings (SSSR count). The van der Waals surface area contributed by atoms with E-state index in [0.29, 0.717) is 28.0 Å². The molecule has 0 aliphatic heterocycles. The minimum absolute atomic E-state index is 0.531. The van der Waals surface area contributed by atoms with E-state index in [1.54, 1.807) is 25.8 Å². The van der Waals surface area contributed by atoms with Crippen molar-refractivity contribution in [3.8, 4) is 50.6 Å². The van der Waals surface area contributed by atoms with Crippen molar-refractivity contribution in [1.82, 2.24) is 30.0 Å². The van der Waals surface area contributed by atoms with Gasteiger partial charge in [-0.3, -0.25) is 5.10 Å². The highest BCUT2D eigenvalue weighted by atomic mass is 32.1. The van der Waals surface area contributed by atoms with E-state index in [2.05, 4.69) is 39.5 Å². The number of fused-ring (bicyclic) bond motifs is 1. The number of aryl methyl sites for hydroxylation is 1. The normalized spacial score (nSPS) is 11.1. The summed E-state index contributed by atoms with van der Waals surface area (Å²) in [4.78, 5) is 0.662. The van der Waals surface area contributed by atoms with E-state index in [1.807, 2.05) is 30.3 Å². The fourth-order valence-corrected chi connectivity index (χ4v) is 4.24. The Morgan fingerprint density at radius 3 is 2.25 bits per heavy atom. The van der Waals surface area contributed by atoms with Crippen molar-refractivity contribution in [3.63, 3.8) is 0 Å². The van der Waals surface area contributed by atoms with Gasteiger partial charge in [0.25, 0.3) is 0 Å². The molecule has 0 atom stereocenters. The zero-order chi connectivity index (χ0) is 22.2. The minimum atomic E-state index is 0.531. The van der Waals surface area contributed by atoms with Gasteiger partial charge < -0.3 is 14.2 Å². The molecule has 3 heterocycles. The van der Waals surface area contributed by atoms with Crippen molar-refractivity contribution in [3.05, 3.63) is 48.0 Å². The second kappa shape index (κ2) is 7.97. The van der Waals surface area contributed by atoms with Crippen LogP contribution in [0.2, 0.25) is 0 Å². The molecule has 2 aromatic carbocycles. The molecule has 0 fully saturated rings. The average molecular weight is 449 g/mol. The van der Waals surface area contributed by atoms with Crippen molar-refractivity contribution >= 4 is 16.3 Å². The van der Waals surface area contributed by atoms with Crippen LogP contribution in [0.25, 0.3) is 38.3 Å². The van der Waals surface area contributed by atoms with Crippen LogP contribution in [0.4, 0.5) is 0 Å². The van der Waals surface area contributed by atoms with Crippen LogP contribution in [-0.2, 0) is 0 Å². The largest absolute Gasteiger partial charge is 0.493 e. The Hall–Kier alpha value is -3.92. The van der Waals surface area contributed by atoms with Crippen LogP contribution in [0.5, 0.6) is 17.2 Å². The molecule has 0 radical (unpaired) electrons. The van der Waals surface area contributed by atoms with Crippen molar-refractivity contribution in [2.24, 2.45) is 0 Å². The lowest BCUT2D eigenvalue weighted by Crippen LogP contribution is -1.96. The van der Waals surface area contributed by atoms with Gasteiger partial charge >= 0.3 is 0 Å². The average Bonchev–Trinajstić information content (AvgIpc) is 3.54. The van der Waals surface area contributed by atoms with E-state index in [9.17, 15) is 0 Å². The number of benzene rings is 2. The predicted octanol–water partition coefficient (Wildman–Crippen LogP) is 4.24. The first kappa shape index (κ1) is 20.0. The zero-order valence-corrected chi connectivity index (χ0v) is 18.7. The summed E-state index contributed by atoms with van der Waals surface area (Å²) >= 11 is 1.41. The van der Waals surface area contributed by atoms with Gasteiger partial charge in [0, 0.05) is 11.1 Å². The second-order valence-electron chi connectivity index (χ2n) is 7.07. The lowest BCUT2D eigenvalue weighted by atomic mass is 10.1. The van der Waals surface area contributed by atoms with Crippen LogP contribution in [0, 0.1) is 6.92 Å². The molecule has 3 aromatic heterocycles. The van der Waals surface area contributed by atoms with Crippen molar-refractivity contribution in [2.45, 2.75) is 6.92 Å². The van der Waals surface area contributed by atoms with Crippen LogP contribution in [0.1, 0.15) is 5.56 Å². The molecule has 10 heteroatoms. The summed E-state index contributed by atoms with van der Waals surface area (Å²) in [5, 5.41) is 21.5. The van der Waals surface area contributed by atoms with E-state index >= 15 is 0 Å². The SMILES string of the molecule is COc1cc(-c2nn3c(-c4cc(-c5ccc(C)cc5)n[nH]4)nnc3s2)cc(OC)c1OC. The van der Waals surface area contributed by atoms with Gasteiger partial charge in [-0.2, -0.15) is 14.7 Å². The van der Waals surface area contributed by atoms with Gasteiger partial charge in [-0.1, -0.05) is 41.2 Å². The molecule has 5 aromatic rings. The maximum atomic E-state index is 5.47. The van der Waals surface area contributed by atoms with Gasteiger partial charge in [0.2, 0.25) is 16.5 Å². The van der Waals surface area contributed by atoms with Gasteiger partial charge in [-0.25, -0.2) is 0 Å². The Bertz CT molecular complexity index is 1380. The topological polar surface area (TPSA) is 99.5 Å². The summed E-state index contributed by atoms with van der Waals surface area (Å²) in [6, 6.07) is 13.9. The first-order valence-electron chi connectivity index (χ1n) is 9.76. The molecule has 0 aliphatic carbocycles. The zero-order valence-electron chi connectivity index (χ0n) is 17.9. The molecule has 0 saturated heterocycles. The molecule has 1 N–H and O–H groups in total. The minimum Gasteiger partial charge on any atom is -0.493 e. The van der Waals surface area contributed by atoms with Gasteiger partial charge in [-0.15, -0.1) is 10.2 Å². The number of hydrogen-bond acceptors (Lipinski definition) is 8. The maximum Gasteiger partial charge on any atom is 0.235 e. The van der Waals surface area contributed by atoms with Crippen molar-refractivity contribution in [2.75, 3.05) is 21.3 Å². The summed E-state index contributed by atoms with van der Waals surface area (Å²) < 4.78 is 18.0. The Labute approximate surface area is 187 Å². The van der Waals surface area contributed by atoms with E-state index in [4.69, 9.17) is 19.3 Å². The van der Waals surface area contributed by atoms with E-state index in [1.165, 1.54) is 16.9 Å². The standard InChI is InChI=1S/C22H20N6O3S/c1-12-5-7-13(8-6-12)15-11-16(24-23-15)20-25-26-22-28(20)27-21(32-22)14-9-17(29-2)19(31-4)18(10-14)30-3/h5-11H,1-4H3,(H,23,24). The molecule has 0 amide bonds. The van der Waals surface area contributed by atoms with Crippen molar-refractivity contribution in [1.29, 1.82) is 0 Å². The number of hydrogen-bond donors (Lipinski definition) is 1. The van der Waals surface area contributed by atoms with E-state index in [0.717, 1.165) is 27.5 Å². The number of H-pyrrole nitrogens is 1. The molecule has 32 heavy (non-hydrogen) atoms. The van der Waals surface area contributed by atoms with Gasteiger partial charge in [0.15, 0.2) is 11.5 Å². The molecular formula is C22H20N6O3S. The molecule has 0 aliphatic rings. The summed E-state index contributed by atoms with van der Waals surface area (Å²) in [6.45, 7) is 2.06. The Balaban J connectivity index is 1.54. The van der Waals surface area contributed by atoms with Gasteiger partial charge in [0.1, 0.15) is 10.7 Å². The summed E-state index contributed by atoms with van der Waals surface area (Å²) in [5.41, 5.74) is 4.61. The number of nitrogens with one attached hydrogen (secondary N) is 1. The highest BCUT2D eigenvalue weighted by Gasteiger charge is 2.20. The lowest BCUT2D eigenvalue weighted by Gasteiger charge is -2.13. The smallest absolute Gasteiger partial charge is 0.235 e. The fourth-order valence-electron chi connectivity index (χ4n) is 3.41. The van der Waals surface area contributed by atoms with E-state index in [-0.39, 0.29) is 0 Å². The number of aromatic nitrogens is 6. The van der Waals surface area contributed by atoms with Crippen LogP contribution in [0.3, 0.4) is 0 Å².